The highest BCUT2D eigenvalue weighted by Gasteiger charge is 2.45. The summed E-state index contributed by atoms with van der Waals surface area (Å²) in [5.74, 6) is -0.149. The number of hydrogen-bond acceptors (Lipinski definition) is 6. The van der Waals surface area contributed by atoms with Crippen molar-refractivity contribution < 1.29 is 19.1 Å². The van der Waals surface area contributed by atoms with Crippen molar-refractivity contribution in [2.45, 2.75) is 30.8 Å². The molecular weight excluding hydrogens is 468 g/mol. The van der Waals surface area contributed by atoms with E-state index in [2.05, 4.69) is 34.2 Å². The first kappa shape index (κ1) is 22.2. The van der Waals surface area contributed by atoms with Gasteiger partial charge in [-0.3, -0.25) is 19.1 Å². The largest absolute Gasteiger partial charge is 0.448 e. The number of morpholine rings is 1. The van der Waals surface area contributed by atoms with Gasteiger partial charge in [0.1, 0.15) is 12.3 Å². The number of imidazole rings is 1. The minimum Gasteiger partial charge on any atom is -0.448 e. The number of hydrogen-bond donors (Lipinski definition) is 0. The monoisotopic (exact) mass is 494 g/mol. The van der Waals surface area contributed by atoms with Crippen LogP contribution < -0.4 is 0 Å². The first-order valence-corrected chi connectivity index (χ1v) is 12.7. The topological polar surface area (TPSA) is 86.0 Å². The van der Waals surface area contributed by atoms with E-state index in [1.165, 1.54) is 22.3 Å². The number of amides is 1. The lowest BCUT2D eigenvalue weighted by atomic mass is 9.82. The molecule has 2 unspecified atom stereocenters. The van der Waals surface area contributed by atoms with Crippen molar-refractivity contribution in [3.63, 3.8) is 0 Å². The summed E-state index contributed by atoms with van der Waals surface area (Å²) >= 11 is 0. The van der Waals surface area contributed by atoms with Crippen molar-refractivity contribution in [2.24, 2.45) is 5.92 Å². The van der Waals surface area contributed by atoms with Crippen LogP contribution in [0.25, 0.3) is 16.8 Å². The molecule has 0 spiro atoms. The SMILES string of the molecule is O=C(c1cnc2cnccn12)C1CC2COCC(C1)N2C(=O)OCC1c2ccccc2-c2ccccc21. The summed E-state index contributed by atoms with van der Waals surface area (Å²) in [4.78, 5) is 37.1. The van der Waals surface area contributed by atoms with E-state index in [4.69, 9.17) is 9.47 Å². The molecular formula is C29H26N4O4. The molecule has 2 fully saturated rings. The van der Waals surface area contributed by atoms with Gasteiger partial charge >= 0.3 is 6.09 Å². The van der Waals surface area contributed by atoms with Crippen molar-refractivity contribution >= 4 is 17.5 Å². The molecule has 2 saturated heterocycles. The second kappa shape index (κ2) is 8.81. The first-order valence-electron chi connectivity index (χ1n) is 12.7. The molecule has 1 aliphatic carbocycles. The van der Waals surface area contributed by atoms with E-state index in [9.17, 15) is 9.59 Å². The van der Waals surface area contributed by atoms with Gasteiger partial charge in [-0.15, -0.1) is 0 Å². The summed E-state index contributed by atoms with van der Waals surface area (Å²) in [6, 6.07) is 16.2. The van der Waals surface area contributed by atoms with E-state index < -0.39 is 0 Å². The quantitative estimate of drug-likeness (QED) is 0.393. The molecule has 2 aliphatic heterocycles. The van der Waals surface area contributed by atoms with Crippen molar-refractivity contribution in [3.05, 3.63) is 90.1 Å². The average molecular weight is 495 g/mol. The van der Waals surface area contributed by atoms with Gasteiger partial charge in [0.25, 0.3) is 0 Å². The third-order valence-electron chi connectivity index (χ3n) is 8.01. The van der Waals surface area contributed by atoms with Gasteiger partial charge in [-0.1, -0.05) is 48.5 Å². The Balaban J connectivity index is 1.08. The van der Waals surface area contributed by atoms with E-state index in [-0.39, 0.29) is 42.4 Å². The fourth-order valence-corrected chi connectivity index (χ4v) is 6.33. The van der Waals surface area contributed by atoms with Crippen LogP contribution in [0.1, 0.15) is 40.4 Å². The van der Waals surface area contributed by atoms with Gasteiger partial charge < -0.3 is 9.47 Å². The standard InChI is InChI=1S/C29H26N4O4/c34-28(26-13-31-27-14-30-9-10-32(26)27)18-11-19-15-36-16-20(12-18)33(19)29(35)37-17-25-23-7-3-1-5-21(23)22-6-2-4-8-24(22)25/h1-10,13-14,18-20,25H,11-12,15-17H2. The summed E-state index contributed by atoms with van der Waals surface area (Å²) in [6.07, 6.45) is 7.41. The predicted molar refractivity (Wildman–Crippen MR) is 135 cm³/mol. The third kappa shape index (κ3) is 3.62. The van der Waals surface area contributed by atoms with E-state index in [0.717, 1.165) is 0 Å². The van der Waals surface area contributed by atoms with Crippen LogP contribution in [0.3, 0.4) is 0 Å². The van der Waals surface area contributed by atoms with Crippen molar-refractivity contribution in [1.29, 1.82) is 0 Å². The van der Waals surface area contributed by atoms with Crippen molar-refractivity contribution in [1.82, 2.24) is 19.3 Å². The lowest BCUT2D eigenvalue weighted by Crippen LogP contribution is -2.60. The Labute approximate surface area is 213 Å². The molecule has 3 aliphatic rings. The van der Waals surface area contributed by atoms with Crippen molar-refractivity contribution in [2.75, 3.05) is 19.8 Å². The number of benzene rings is 2. The molecule has 0 N–H and O–H groups in total. The van der Waals surface area contributed by atoms with Crippen LogP contribution in [0, 0.1) is 5.92 Å². The lowest BCUT2D eigenvalue weighted by Gasteiger charge is -2.47. The number of carbonyl (C=O) groups excluding carboxylic acids is 2. The number of nitrogens with zero attached hydrogens (tertiary/aromatic N) is 4. The normalized spacial score (nSPS) is 22.5. The van der Waals surface area contributed by atoms with E-state index in [1.54, 1.807) is 29.2 Å². The van der Waals surface area contributed by atoms with Gasteiger partial charge in [-0.2, -0.15) is 0 Å². The number of rotatable bonds is 4. The Morgan fingerprint density at radius 1 is 0.946 bits per heavy atom. The Kier molecular flexibility index (Phi) is 5.28. The highest BCUT2D eigenvalue weighted by atomic mass is 16.6. The van der Waals surface area contributed by atoms with Gasteiger partial charge in [0.2, 0.25) is 0 Å². The maximum absolute atomic E-state index is 13.5. The molecule has 1 amide bonds. The molecule has 2 atom stereocenters. The highest BCUT2D eigenvalue weighted by Crippen LogP contribution is 2.44. The van der Waals surface area contributed by atoms with Crippen LogP contribution in [0.4, 0.5) is 4.79 Å². The van der Waals surface area contributed by atoms with Crippen LogP contribution in [-0.2, 0) is 9.47 Å². The number of ketones is 1. The van der Waals surface area contributed by atoms with Gasteiger partial charge in [-0.25, -0.2) is 9.78 Å². The van der Waals surface area contributed by atoms with Crippen LogP contribution in [0.15, 0.2) is 73.3 Å². The smallest absolute Gasteiger partial charge is 0.410 e. The molecule has 4 aromatic rings. The first-order chi connectivity index (χ1) is 18.2. The Morgan fingerprint density at radius 2 is 1.62 bits per heavy atom. The number of piperidine rings is 1. The fourth-order valence-electron chi connectivity index (χ4n) is 6.33. The lowest BCUT2D eigenvalue weighted by molar-refractivity contribution is -0.0748. The number of fused-ring (bicyclic) bond motifs is 6. The molecule has 186 valence electrons. The molecule has 0 saturated carbocycles. The minimum atomic E-state index is -0.327. The van der Waals surface area contributed by atoms with Gasteiger partial charge in [0, 0.05) is 24.2 Å². The summed E-state index contributed by atoms with van der Waals surface area (Å²) in [7, 11) is 0. The van der Waals surface area contributed by atoms with Gasteiger partial charge in [0.05, 0.1) is 37.7 Å². The van der Waals surface area contributed by atoms with Crippen LogP contribution in [0.5, 0.6) is 0 Å². The number of carbonyl (C=O) groups is 2. The van der Waals surface area contributed by atoms with E-state index >= 15 is 0 Å². The van der Waals surface area contributed by atoms with Crippen molar-refractivity contribution in [3.8, 4) is 11.1 Å². The third-order valence-corrected chi connectivity index (χ3v) is 8.01. The van der Waals surface area contributed by atoms with Crippen LogP contribution >= 0.6 is 0 Å². The minimum absolute atomic E-state index is 0.0104. The number of ether oxygens (including phenoxy) is 2. The van der Waals surface area contributed by atoms with Crippen LogP contribution in [-0.4, -0.2) is 63.0 Å². The fraction of sp³-hybridized carbons (Fsp3) is 0.310. The summed E-state index contributed by atoms with van der Waals surface area (Å²) in [5.41, 5.74) is 5.97. The second-order valence-electron chi connectivity index (χ2n) is 10.0. The zero-order valence-corrected chi connectivity index (χ0v) is 20.2. The molecule has 7 rings (SSSR count). The molecule has 2 aromatic carbocycles. The molecule has 2 bridgehead atoms. The molecule has 8 heteroatoms. The Hall–Kier alpha value is -4.04. The summed E-state index contributed by atoms with van der Waals surface area (Å²) in [6.45, 7) is 1.09. The Bertz CT molecular complexity index is 1460. The van der Waals surface area contributed by atoms with E-state index in [1.807, 2.05) is 29.2 Å². The van der Waals surface area contributed by atoms with E-state index in [0.29, 0.717) is 37.4 Å². The number of aromatic nitrogens is 3. The molecule has 4 heterocycles. The maximum Gasteiger partial charge on any atom is 0.410 e. The van der Waals surface area contributed by atoms with Gasteiger partial charge in [-0.05, 0) is 35.1 Å². The maximum atomic E-state index is 13.5. The number of Topliss-reactive ketones (excluding diaryl/α,β-unsaturated/α-hetero) is 1. The van der Waals surface area contributed by atoms with Gasteiger partial charge in [0.15, 0.2) is 11.4 Å². The highest BCUT2D eigenvalue weighted by molar-refractivity contribution is 5.97. The predicted octanol–water partition coefficient (Wildman–Crippen LogP) is 4.34. The zero-order valence-electron chi connectivity index (χ0n) is 20.2. The Morgan fingerprint density at radius 3 is 2.32 bits per heavy atom. The average Bonchev–Trinajstić information content (AvgIpc) is 3.50. The zero-order chi connectivity index (χ0) is 24.9. The molecule has 8 nitrogen and oxygen atoms in total. The summed E-state index contributed by atoms with van der Waals surface area (Å²) in [5, 5.41) is 0. The van der Waals surface area contributed by atoms with Crippen LogP contribution in [0.2, 0.25) is 0 Å². The molecule has 0 radical (unpaired) electrons. The second-order valence-corrected chi connectivity index (χ2v) is 10.0. The summed E-state index contributed by atoms with van der Waals surface area (Å²) < 4.78 is 13.5. The molecule has 2 aromatic heterocycles. The molecule has 37 heavy (non-hydrogen) atoms.